The molecule has 2 saturated carbocycles. The largest absolute Gasteiger partial charge is 0.298 e. The van der Waals surface area contributed by atoms with Crippen LogP contribution in [0.4, 0.5) is 0 Å². The van der Waals surface area contributed by atoms with Crippen LogP contribution in [-0.4, -0.2) is 21.2 Å². The maximum Gasteiger partial charge on any atom is 0.149 e. The van der Waals surface area contributed by atoms with Gasteiger partial charge in [0, 0.05) is 11.8 Å². The molecule has 0 aromatic carbocycles. The molecule has 0 unspecified atom stereocenters. The van der Waals surface area contributed by atoms with Crippen molar-refractivity contribution in [1.82, 2.24) is 0 Å². The molecule has 0 N–H and O–H groups in total. The maximum atomic E-state index is 11.6. The third-order valence-corrected chi connectivity index (χ3v) is 4.62. The zero-order valence-corrected chi connectivity index (χ0v) is 10.2. The summed E-state index contributed by atoms with van der Waals surface area (Å²) in [5.41, 5.74) is 0. The molecule has 2 bridgehead atoms. The van der Waals surface area contributed by atoms with Gasteiger partial charge < -0.3 is 0 Å². The highest BCUT2D eigenvalue weighted by atomic mass is 79.9. The van der Waals surface area contributed by atoms with Gasteiger partial charge in [-0.1, -0.05) is 31.9 Å². The number of Topliss-reactive ketones (excluding diaryl/α,β-unsaturated/α-hetero) is 2. The zero-order chi connectivity index (χ0) is 9.59. The van der Waals surface area contributed by atoms with Gasteiger partial charge in [-0.25, -0.2) is 0 Å². The van der Waals surface area contributed by atoms with E-state index in [-0.39, 0.29) is 33.1 Å². The summed E-state index contributed by atoms with van der Waals surface area (Å²) in [6.45, 7) is 0. The van der Waals surface area contributed by atoms with Crippen molar-refractivity contribution in [3.05, 3.63) is 0 Å². The van der Waals surface area contributed by atoms with Gasteiger partial charge in [-0.2, -0.15) is 0 Å². The van der Waals surface area contributed by atoms with Gasteiger partial charge in [0.15, 0.2) is 0 Å². The molecule has 0 heterocycles. The van der Waals surface area contributed by atoms with Crippen LogP contribution in [0.15, 0.2) is 0 Å². The molecule has 0 spiro atoms. The number of carbonyl (C=O) groups excluding carboxylic acids is 2. The lowest BCUT2D eigenvalue weighted by molar-refractivity contribution is -0.133. The zero-order valence-electron chi connectivity index (χ0n) is 7.00. The van der Waals surface area contributed by atoms with Crippen LogP contribution in [0.2, 0.25) is 0 Å². The minimum absolute atomic E-state index is 0.0831. The smallest absolute Gasteiger partial charge is 0.149 e. The quantitative estimate of drug-likeness (QED) is 0.642. The molecular weight excluding hydrogens is 300 g/mol. The number of halogens is 2. The van der Waals surface area contributed by atoms with Crippen LogP contribution in [0.3, 0.4) is 0 Å². The first kappa shape index (κ1) is 9.84. The van der Waals surface area contributed by atoms with Crippen LogP contribution >= 0.6 is 31.9 Å². The Bertz CT molecular complexity index is 234. The monoisotopic (exact) mass is 308 g/mol. The van der Waals surface area contributed by atoms with E-state index in [1.54, 1.807) is 0 Å². The van der Waals surface area contributed by atoms with Crippen molar-refractivity contribution in [1.29, 1.82) is 0 Å². The molecule has 13 heavy (non-hydrogen) atoms. The van der Waals surface area contributed by atoms with Crippen molar-refractivity contribution < 1.29 is 9.59 Å². The lowest BCUT2D eigenvalue weighted by atomic mass is 9.71. The predicted octanol–water partition coefficient (Wildman–Crippen LogP) is 2.08. The van der Waals surface area contributed by atoms with Gasteiger partial charge in [0.1, 0.15) is 11.6 Å². The highest BCUT2D eigenvalue weighted by Gasteiger charge is 2.44. The first-order chi connectivity index (χ1) is 6.09. The van der Waals surface area contributed by atoms with Crippen LogP contribution in [0.5, 0.6) is 0 Å². The molecule has 2 fully saturated rings. The normalized spacial score (nSPS) is 45.1. The van der Waals surface area contributed by atoms with Gasteiger partial charge in [-0.05, 0) is 19.3 Å². The average molecular weight is 310 g/mol. The molecule has 0 aromatic rings. The van der Waals surface area contributed by atoms with Crippen molar-refractivity contribution >= 4 is 43.4 Å². The number of hydrogen-bond donors (Lipinski definition) is 0. The Kier molecular flexibility index (Phi) is 2.62. The van der Waals surface area contributed by atoms with E-state index in [0.29, 0.717) is 12.8 Å². The first-order valence-corrected chi connectivity index (χ1v) is 6.28. The summed E-state index contributed by atoms with van der Waals surface area (Å²) in [6.07, 6.45) is 2.16. The maximum absolute atomic E-state index is 11.6. The molecule has 0 radical (unpaired) electrons. The summed E-state index contributed by atoms with van der Waals surface area (Å²) >= 11 is 6.68. The third kappa shape index (κ3) is 1.63. The minimum Gasteiger partial charge on any atom is -0.298 e. The molecule has 0 aliphatic heterocycles. The van der Waals surface area contributed by atoms with Crippen molar-refractivity contribution in [3.8, 4) is 0 Å². The van der Waals surface area contributed by atoms with E-state index in [4.69, 9.17) is 0 Å². The van der Waals surface area contributed by atoms with E-state index in [0.717, 1.165) is 6.42 Å². The molecule has 2 nitrogen and oxygen atoms in total. The summed E-state index contributed by atoms with van der Waals surface area (Å²) < 4.78 is 0. The second kappa shape index (κ2) is 3.46. The van der Waals surface area contributed by atoms with E-state index < -0.39 is 0 Å². The molecule has 4 heteroatoms. The lowest BCUT2D eigenvalue weighted by Gasteiger charge is -2.36. The summed E-state index contributed by atoms with van der Waals surface area (Å²) in [4.78, 5) is 23.1. The Hall–Kier alpha value is 0.300. The highest BCUT2D eigenvalue weighted by molar-refractivity contribution is 9.10. The fourth-order valence-electron chi connectivity index (χ4n) is 2.24. The molecule has 2 aliphatic rings. The van der Waals surface area contributed by atoms with Crippen LogP contribution in [-0.2, 0) is 9.59 Å². The van der Waals surface area contributed by atoms with Crippen LogP contribution in [0.1, 0.15) is 19.3 Å². The van der Waals surface area contributed by atoms with Crippen molar-refractivity contribution in [2.45, 2.75) is 28.9 Å². The lowest BCUT2D eigenvalue weighted by Crippen LogP contribution is -2.45. The van der Waals surface area contributed by atoms with E-state index >= 15 is 0 Å². The number of hydrogen-bond acceptors (Lipinski definition) is 2. The van der Waals surface area contributed by atoms with Crippen LogP contribution < -0.4 is 0 Å². The highest BCUT2D eigenvalue weighted by Crippen LogP contribution is 2.40. The molecule has 72 valence electrons. The molecule has 0 aromatic heterocycles. The third-order valence-electron chi connectivity index (χ3n) is 2.97. The molecule has 2 aliphatic carbocycles. The molecule has 2 rings (SSSR count). The second-order valence-corrected chi connectivity index (χ2v) is 6.05. The average Bonchev–Trinajstić information content (AvgIpc) is 2.09. The van der Waals surface area contributed by atoms with E-state index in [9.17, 15) is 9.59 Å². The second-order valence-electron chi connectivity index (χ2n) is 3.84. The summed E-state index contributed by atoms with van der Waals surface area (Å²) in [5.74, 6) is 0.775. The van der Waals surface area contributed by atoms with Crippen LogP contribution in [0, 0.1) is 11.8 Å². The number of alkyl halides is 2. The van der Waals surface area contributed by atoms with Gasteiger partial charge in [0.25, 0.3) is 0 Å². The molecule has 0 amide bonds. The van der Waals surface area contributed by atoms with E-state index in [1.807, 2.05) is 0 Å². The van der Waals surface area contributed by atoms with Crippen molar-refractivity contribution in [3.63, 3.8) is 0 Å². The molecule has 4 atom stereocenters. The summed E-state index contributed by atoms with van der Waals surface area (Å²) in [6, 6.07) is 0. The van der Waals surface area contributed by atoms with E-state index in [1.165, 1.54) is 0 Å². The first-order valence-electron chi connectivity index (χ1n) is 4.45. The van der Waals surface area contributed by atoms with Crippen LogP contribution in [0.25, 0.3) is 0 Å². The topological polar surface area (TPSA) is 34.1 Å². The Balaban J connectivity index is 2.21. The van der Waals surface area contributed by atoms with Gasteiger partial charge in [0.05, 0.1) is 9.65 Å². The predicted molar refractivity (Wildman–Crippen MR) is 56.3 cm³/mol. The van der Waals surface area contributed by atoms with Crippen molar-refractivity contribution in [2.24, 2.45) is 11.8 Å². The van der Waals surface area contributed by atoms with E-state index in [2.05, 4.69) is 31.9 Å². The van der Waals surface area contributed by atoms with Crippen molar-refractivity contribution in [2.75, 3.05) is 0 Å². The standard InChI is InChI=1S/C9H10Br2O2/c10-6-2-4-1-5(9(6)13)3-7(11)8(4)12/h4-7H,1-3H2/t4-,5+,6-,7+. The summed E-state index contributed by atoms with van der Waals surface area (Å²) in [5, 5.41) is 0. The number of carbonyl (C=O) groups is 2. The molecule has 0 saturated heterocycles. The molecular formula is C9H10Br2O2. The van der Waals surface area contributed by atoms with Gasteiger partial charge in [0.2, 0.25) is 0 Å². The Morgan fingerprint density at radius 3 is 1.62 bits per heavy atom. The van der Waals surface area contributed by atoms with Gasteiger partial charge in [-0.3, -0.25) is 9.59 Å². The number of rotatable bonds is 0. The fourth-order valence-corrected chi connectivity index (χ4v) is 3.89. The minimum atomic E-state index is -0.0831. The number of fused-ring (bicyclic) bond motifs is 2. The SMILES string of the molecule is O=C1[C@H]2C[C@H](C[C@H]1Br)C(=O)[C@@H](Br)C2. The number of ketones is 2. The Morgan fingerprint density at radius 1 is 0.846 bits per heavy atom. The van der Waals surface area contributed by atoms with Gasteiger partial charge >= 0.3 is 0 Å². The Labute approximate surface area is 93.7 Å². The fraction of sp³-hybridized carbons (Fsp3) is 0.778. The van der Waals surface area contributed by atoms with Gasteiger partial charge in [-0.15, -0.1) is 0 Å². The Morgan fingerprint density at radius 2 is 1.23 bits per heavy atom. The summed E-state index contributed by atoms with van der Waals surface area (Å²) in [7, 11) is 0.